The number of rotatable bonds is 7. The molecule has 0 bridgehead atoms. The Kier molecular flexibility index (Phi) is 8.10. The molecule has 1 aromatic heterocycles. The van der Waals surface area contributed by atoms with Gasteiger partial charge >= 0.3 is 0 Å². The average Bonchev–Trinajstić information content (AvgIpc) is 3.25. The lowest BCUT2D eigenvalue weighted by atomic mass is 9.99. The highest BCUT2D eigenvalue weighted by molar-refractivity contribution is 8.00. The number of halogens is 1. The van der Waals surface area contributed by atoms with Crippen LogP contribution in [0.25, 0.3) is 16.9 Å². The number of hydrogen-bond acceptors (Lipinski definition) is 4. The molecule has 0 saturated heterocycles. The van der Waals surface area contributed by atoms with E-state index >= 15 is 0 Å². The maximum Gasteiger partial charge on any atom is 0.240 e. The number of nitrogens with one attached hydrogen (secondary N) is 1. The second-order valence-corrected chi connectivity index (χ2v) is 11.7. The molecule has 1 aliphatic heterocycles. The number of anilines is 1. The number of nitrogens with zero attached hydrogens (tertiary/aromatic N) is 3. The van der Waals surface area contributed by atoms with Gasteiger partial charge in [0, 0.05) is 22.7 Å². The van der Waals surface area contributed by atoms with E-state index in [2.05, 4.69) is 5.32 Å². The third-order valence-electron chi connectivity index (χ3n) is 6.58. The summed E-state index contributed by atoms with van der Waals surface area (Å²) in [5, 5.41) is 8.49. The lowest BCUT2D eigenvalue weighted by Gasteiger charge is -2.23. The first kappa shape index (κ1) is 27.0. The predicted octanol–water partition coefficient (Wildman–Crippen LogP) is 6.44. The number of aromatic nitrogens is 2. The smallest absolute Gasteiger partial charge is 0.240 e. The van der Waals surface area contributed by atoms with E-state index in [-0.39, 0.29) is 29.4 Å². The fourth-order valence-corrected chi connectivity index (χ4v) is 6.03. The summed E-state index contributed by atoms with van der Waals surface area (Å²) in [6.45, 7) is 6.57. The van der Waals surface area contributed by atoms with Crippen molar-refractivity contribution in [2.75, 3.05) is 23.7 Å². The molecular formula is C31H31ClN4O2S. The van der Waals surface area contributed by atoms with Gasteiger partial charge in [0.25, 0.3) is 0 Å². The fourth-order valence-electron chi connectivity index (χ4n) is 4.64. The van der Waals surface area contributed by atoms with E-state index in [0.717, 1.165) is 33.6 Å². The molecule has 2 amide bonds. The van der Waals surface area contributed by atoms with E-state index < -0.39 is 0 Å². The molecule has 0 saturated carbocycles. The van der Waals surface area contributed by atoms with Gasteiger partial charge in [-0.05, 0) is 42.7 Å². The van der Waals surface area contributed by atoms with Crippen LogP contribution >= 0.6 is 23.4 Å². The minimum Gasteiger partial charge on any atom is -0.354 e. The standard InChI is InChI=1S/C31H31ClN4O2S/c1-20(2)17-33-26(37)18-35-27(38)19-39-30(23-10-7-11-24(32)16-23)28-29(22-8-5-4-6-9-22)34-36(31(28)35)25-14-12-21(3)13-15-25/h4-16,20,30H,17-19H2,1-3H3,(H,33,37)/t30-/m1/s1. The van der Waals surface area contributed by atoms with Gasteiger partial charge in [0.05, 0.1) is 22.4 Å². The number of carbonyl (C=O) groups excluding carboxylic acids is 2. The number of amides is 2. The highest BCUT2D eigenvalue weighted by Crippen LogP contribution is 2.48. The summed E-state index contributed by atoms with van der Waals surface area (Å²) in [7, 11) is 0. The SMILES string of the molecule is Cc1ccc(-n2nc(-c3ccccc3)c3c2N(CC(=O)NCC(C)C)C(=O)CS[C@@H]3c2cccc(Cl)c2)cc1. The molecular weight excluding hydrogens is 528 g/mol. The largest absolute Gasteiger partial charge is 0.354 e. The molecule has 1 aliphatic rings. The van der Waals surface area contributed by atoms with E-state index in [1.165, 1.54) is 11.8 Å². The summed E-state index contributed by atoms with van der Waals surface area (Å²) in [5.41, 5.74) is 5.51. The van der Waals surface area contributed by atoms with Gasteiger partial charge in [-0.2, -0.15) is 5.10 Å². The van der Waals surface area contributed by atoms with Crippen LogP contribution in [0.5, 0.6) is 0 Å². The predicted molar refractivity (Wildman–Crippen MR) is 160 cm³/mol. The second kappa shape index (κ2) is 11.7. The Hall–Kier alpha value is -3.55. The quantitative estimate of drug-likeness (QED) is 0.283. The lowest BCUT2D eigenvalue weighted by molar-refractivity contribution is -0.123. The van der Waals surface area contributed by atoms with Crippen LogP contribution in [0, 0.1) is 12.8 Å². The molecule has 6 nitrogen and oxygen atoms in total. The number of thioether (sulfide) groups is 1. The summed E-state index contributed by atoms with van der Waals surface area (Å²) in [5.74, 6) is 0.781. The number of carbonyl (C=O) groups is 2. The summed E-state index contributed by atoms with van der Waals surface area (Å²) < 4.78 is 1.81. The van der Waals surface area contributed by atoms with E-state index in [9.17, 15) is 9.59 Å². The third-order valence-corrected chi connectivity index (χ3v) is 8.07. The summed E-state index contributed by atoms with van der Waals surface area (Å²) >= 11 is 7.96. The van der Waals surface area contributed by atoms with Gasteiger partial charge in [0.15, 0.2) is 0 Å². The van der Waals surface area contributed by atoms with Crippen molar-refractivity contribution in [3.8, 4) is 16.9 Å². The van der Waals surface area contributed by atoms with Gasteiger partial charge in [-0.3, -0.25) is 14.5 Å². The van der Waals surface area contributed by atoms with Crippen LogP contribution in [-0.4, -0.2) is 40.4 Å². The van der Waals surface area contributed by atoms with Crippen molar-refractivity contribution in [3.63, 3.8) is 0 Å². The van der Waals surface area contributed by atoms with Gasteiger partial charge in [-0.25, -0.2) is 4.68 Å². The first-order valence-electron chi connectivity index (χ1n) is 13.0. The Morgan fingerprint density at radius 3 is 2.51 bits per heavy atom. The fraction of sp³-hybridized carbons (Fsp3) is 0.258. The number of fused-ring (bicyclic) bond motifs is 1. The van der Waals surface area contributed by atoms with Crippen molar-refractivity contribution < 1.29 is 9.59 Å². The van der Waals surface area contributed by atoms with Crippen LogP contribution in [-0.2, 0) is 9.59 Å². The van der Waals surface area contributed by atoms with Crippen LogP contribution in [0.2, 0.25) is 5.02 Å². The summed E-state index contributed by atoms with van der Waals surface area (Å²) in [4.78, 5) is 28.4. The molecule has 8 heteroatoms. The van der Waals surface area contributed by atoms with Crippen LogP contribution in [0.1, 0.15) is 35.8 Å². The average molecular weight is 559 g/mol. The third kappa shape index (κ3) is 5.89. The number of aryl methyl sites for hydroxylation is 1. The normalized spacial score (nSPS) is 15.3. The van der Waals surface area contributed by atoms with E-state index in [1.54, 1.807) is 4.90 Å². The first-order valence-corrected chi connectivity index (χ1v) is 14.4. The Morgan fingerprint density at radius 1 is 1.08 bits per heavy atom. The lowest BCUT2D eigenvalue weighted by Crippen LogP contribution is -2.43. The van der Waals surface area contributed by atoms with Crippen molar-refractivity contribution in [1.82, 2.24) is 15.1 Å². The zero-order valence-electron chi connectivity index (χ0n) is 22.2. The van der Waals surface area contributed by atoms with E-state index in [4.69, 9.17) is 16.7 Å². The molecule has 200 valence electrons. The number of benzene rings is 3. The maximum absolute atomic E-state index is 13.7. The molecule has 0 aliphatic carbocycles. The van der Waals surface area contributed by atoms with Crippen LogP contribution in [0.15, 0.2) is 78.9 Å². The molecule has 0 unspecified atom stereocenters. The van der Waals surface area contributed by atoms with Gasteiger partial charge in [0.1, 0.15) is 12.4 Å². The van der Waals surface area contributed by atoms with E-state index in [1.807, 2.05) is 104 Å². The Morgan fingerprint density at radius 2 is 1.82 bits per heavy atom. The second-order valence-electron chi connectivity index (χ2n) is 10.1. The van der Waals surface area contributed by atoms with Gasteiger partial charge in [-0.1, -0.05) is 85.6 Å². The van der Waals surface area contributed by atoms with E-state index in [0.29, 0.717) is 23.3 Å². The van der Waals surface area contributed by atoms with Gasteiger partial charge < -0.3 is 5.32 Å². The molecule has 1 N–H and O–H groups in total. The minimum atomic E-state index is -0.222. The van der Waals surface area contributed by atoms with Crippen LogP contribution < -0.4 is 10.2 Å². The molecule has 0 spiro atoms. The van der Waals surface area contributed by atoms with Crippen molar-refractivity contribution in [1.29, 1.82) is 0 Å². The Bertz CT molecular complexity index is 1480. The molecule has 5 rings (SSSR count). The Labute approximate surface area is 238 Å². The minimum absolute atomic E-state index is 0.0901. The Balaban J connectivity index is 1.76. The number of hydrogen-bond donors (Lipinski definition) is 1. The molecule has 39 heavy (non-hydrogen) atoms. The maximum atomic E-state index is 13.7. The van der Waals surface area contributed by atoms with Crippen LogP contribution in [0.4, 0.5) is 5.82 Å². The summed E-state index contributed by atoms with van der Waals surface area (Å²) in [6, 6.07) is 25.7. The van der Waals surface area contributed by atoms with Crippen molar-refractivity contribution in [3.05, 3.63) is 101 Å². The highest BCUT2D eigenvalue weighted by atomic mass is 35.5. The topological polar surface area (TPSA) is 67.2 Å². The molecule has 4 aromatic rings. The van der Waals surface area contributed by atoms with Crippen LogP contribution in [0.3, 0.4) is 0 Å². The zero-order valence-corrected chi connectivity index (χ0v) is 23.8. The monoisotopic (exact) mass is 558 g/mol. The van der Waals surface area contributed by atoms with Gasteiger partial charge in [-0.15, -0.1) is 11.8 Å². The van der Waals surface area contributed by atoms with Gasteiger partial charge in [0.2, 0.25) is 11.8 Å². The van der Waals surface area contributed by atoms with Crippen molar-refractivity contribution in [2.45, 2.75) is 26.0 Å². The highest BCUT2D eigenvalue weighted by Gasteiger charge is 2.37. The van der Waals surface area contributed by atoms with Crippen molar-refractivity contribution in [2.24, 2.45) is 5.92 Å². The molecule has 3 aromatic carbocycles. The molecule has 0 fully saturated rings. The molecule has 1 atom stereocenters. The van der Waals surface area contributed by atoms with Crippen molar-refractivity contribution >= 4 is 41.0 Å². The zero-order chi connectivity index (χ0) is 27.5. The first-order chi connectivity index (χ1) is 18.8. The molecule has 2 heterocycles. The summed E-state index contributed by atoms with van der Waals surface area (Å²) in [6.07, 6.45) is 0. The molecule has 0 radical (unpaired) electrons.